The number of carboxylic acids is 1. The Bertz CT molecular complexity index is 768. The monoisotopic (exact) mass is 340 g/mol. The summed E-state index contributed by atoms with van der Waals surface area (Å²) in [4.78, 5) is 36.3. The Labute approximate surface area is 145 Å². The molecule has 2 saturated carbocycles. The highest BCUT2D eigenvalue weighted by Gasteiger charge is 2.51. The Balaban J connectivity index is 1.48. The molecule has 3 N–H and O–H groups in total. The standard InChI is InChI=1S/C19H20N2O4/c22-17(20-13-6-7-13)12-2-1-3-14(9-12)21-18(23)15-10-4-5-11(8-10)16(15)19(24)25/h1-5,9-11,13,15-16H,6-8H2,(H,20,22)(H,21,23)(H,24,25)/t10-,11-,15+,16+/m0/s1. The van der Waals surface area contributed by atoms with Gasteiger partial charge < -0.3 is 15.7 Å². The topological polar surface area (TPSA) is 95.5 Å². The second-order valence-electron chi connectivity index (χ2n) is 7.16. The molecule has 25 heavy (non-hydrogen) atoms. The smallest absolute Gasteiger partial charge is 0.307 e. The van der Waals surface area contributed by atoms with E-state index >= 15 is 0 Å². The van der Waals surface area contributed by atoms with E-state index in [9.17, 15) is 19.5 Å². The fourth-order valence-corrected chi connectivity index (χ4v) is 3.98. The Morgan fingerprint density at radius 1 is 1.04 bits per heavy atom. The minimum Gasteiger partial charge on any atom is -0.481 e. The molecular weight excluding hydrogens is 320 g/mol. The Hall–Kier alpha value is -2.63. The van der Waals surface area contributed by atoms with Gasteiger partial charge in [0.25, 0.3) is 5.91 Å². The Morgan fingerprint density at radius 2 is 1.76 bits per heavy atom. The molecular formula is C19H20N2O4. The summed E-state index contributed by atoms with van der Waals surface area (Å²) in [5.41, 5.74) is 1.01. The average molecular weight is 340 g/mol. The van der Waals surface area contributed by atoms with Crippen molar-refractivity contribution in [3.8, 4) is 0 Å². The van der Waals surface area contributed by atoms with Crippen LogP contribution < -0.4 is 10.6 Å². The lowest BCUT2D eigenvalue weighted by Gasteiger charge is -2.23. The molecule has 1 aromatic rings. The van der Waals surface area contributed by atoms with Crippen LogP contribution in [0.5, 0.6) is 0 Å². The Morgan fingerprint density at radius 3 is 2.44 bits per heavy atom. The highest BCUT2D eigenvalue weighted by Crippen LogP contribution is 2.48. The minimum atomic E-state index is -0.922. The maximum absolute atomic E-state index is 12.7. The molecule has 2 amide bonds. The van der Waals surface area contributed by atoms with Crippen LogP contribution in [0.3, 0.4) is 0 Å². The summed E-state index contributed by atoms with van der Waals surface area (Å²) in [6.45, 7) is 0. The van der Waals surface area contributed by atoms with E-state index in [2.05, 4.69) is 10.6 Å². The van der Waals surface area contributed by atoms with Crippen molar-refractivity contribution in [2.75, 3.05) is 5.32 Å². The fourth-order valence-electron chi connectivity index (χ4n) is 3.98. The van der Waals surface area contributed by atoms with Gasteiger partial charge in [0.15, 0.2) is 0 Å². The maximum Gasteiger partial charge on any atom is 0.307 e. The maximum atomic E-state index is 12.7. The van der Waals surface area contributed by atoms with Gasteiger partial charge in [-0.1, -0.05) is 18.2 Å². The molecule has 0 unspecified atom stereocenters. The SMILES string of the molecule is O=C(NC1CC1)c1cccc(NC(=O)[C@H]2[C@H](C(=O)O)[C@H]3C=C[C@H]2C3)c1. The number of hydrogen-bond donors (Lipinski definition) is 3. The van der Waals surface area contributed by atoms with Gasteiger partial charge in [-0.05, 0) is 49.3 Å². The van der Waals surface area contributed by atoms with Crippen LogP contribution in [0.25, 0.3) is 0 Å². The summed E-state index contributed by atoms with van der Waals surface area (Å²) in [5.74, 6) is -2.67. The first-order chi connectivity index (χ1) is 12.0. The molecule has 3 aliphatic carbocycles. The fraction of sp³-hybridized carbons (Fsp3) is 0.421. The molecule has 3 aliphatic rings. The summed E-state index contributed by atoms with van der Waals surface area (Å²) in [6.07, 6.45) is 6.61. The number of benzene rings is 1. The first-order valence-electron chi connectivity index (χ1n) is 8.66. The third-order valence-corrected chi connectivity index (χ3v) is 5.35. The summed E-state index contributed by atoms with van der Waals surface area (Å²) in [7, 11) is 0. The van der Waals surface area contributed by atoms with Gasteiger partial charge in [0.05, 0.1) is 11.8 Å². The number of carbonyl (C=O) groups excluding carboxylic acids is 2. The molecule has 0 aromatic heterocycles. The lowest BCUT2D eigenvalue weighted by atomic mass is 9.82. The molecule has 0 heterocycles. The van der Waals surface area contributed by atoms with E-state index in [0.717, 1.165) is 19.3 Å². The van der Waals surface area contributed by atoms with Gasteiger partial charge in [0.2, 0.25) is 5.91 Å². The number of nitrogens with one attached hydrogen (secondary N) is 2. The van der Waals surface area contributed by atoms with E-state index in [1.165, 1.54) is 0 Å². The third kappa shape index (κ3) is 3.04. The van der Waals surface area contributed by atoms with E-state index in [-0.39, 0.29) is 29.7 Å². The highest BCUT2D eigenvalue weighted by atomic mass is 16.4. The number of anilines is 1. The molecule has 2 bridgehead atoms. The van der Waals surface area contributed by atoms with Crippen LogP contribution in [0.15, 0.2) is 36.4 Å². The van der Waals surface area contributed by atoms with Crippen molar-refractivity contribution in [2.24, 2.45) is 23.7 Å². The predicted octanol–water partition coefficient (Wildman–Crippen LogP) is 2.04. The van der Waals surface area contributed by atoms with Gasteiger partial charge in [-0.25, -0.2) is 0 Å². The zero-order valence-electron chi connectivity index (χ0n) is 13.6. The lowest BCUT2D eigenvalue weighted by molar-refractivity contribution is -0.146. The summed E-state index contributed by atoms with van der Waals surface area (Å²) in [6, 6.07) is 7.03. The predicted molar refractivity (Wildman–Crippen MR) is 90.9 cm³/mol. The number of aliphatic carboxylic acids is 1. The highest BCUT2D eigenvalue weighted by molar-refractivity contribution is 5.99. The van der Waals surface area contributed by atoms with Gasteiger partial charge in [-0.2, -0.15) is 0 Å². The van der Waals surface area contributed by atoms with E-state index < -0.39 is 17.8 Å². The molecule has 4 rings (SSSR count). The van der Waals surface area contributed by atoms with Gasteiger partial charge in [0, 0.05) is 17.3 Å². The van der Waals surface area contributed by atoms with E-state index in [4.69, 9.17) is 0 Å². The number of fused-ring (bicyclic) bond motifs is 2. The molecule has 6 heteroatoms. The zero-order valence-corrected chi connectivity index (χ0v) is 13.6. The quantitative estimate of drug-likeness (QED) is 0.715. The molecule has 6 nitrogen and oxygen atoms in total. The van der Waals surface area contributed by atoms with Crippen molar-refractivity contribution >= 4 is 23.5 Å². The summed E-state index contributed by atoms with van der Waals surface area (Å²) >= 11 is 0. The van der Waals surface area contributed by atoms with Gasteiger partial charge >= 0.3 is 5.97 Å². The third-order valence-electron chi connectivity index (χ3n) is 5.35. The minimum absolute atomic E-state index is 0.0209. The number of carboxylic acid groups (broad SMARTS) is 1. The van der Waals surface area contributed by atoms with Crippen molar-refractivity contribution in [2.45, 2.75) is 25.3 Å². The molecule has 2 fully saturated rings. The van der Waals surface area contributed by atoms with Crippen LogP contribution in [0, 0.1) is 23.7 Å². The first-order valence-corrected chi connectivity index (χ1v) is 8.66. The average Bonchev–Trinajstić information content (AvgIpc) is 3.16. The molecule has 0 saturated heterocycles. The molecule has 130 valence electrons. The van der Waals surface area contributed by atoms with Crippen molar-refractivity contribution in [1.29, 1.82) is 0 Å². The summed E-state index contributed by atoms with van der Waals surface area (Å²) < 4.78 is 0. The molecule has 0 radical (unpaired) electrons. The van der Waals surface area contributed by atoms with Crippen molar-refractivity contribution in [3.05, 3.63) is 42.0 Å². The van der Waals surface area contributed by atoms with Crippen LogP contribution >= 0.6 is 0 Å². The largest absolute Gasteiger partial charge is 0.481 e. The first kappa shape index (κ1) is 15.9. The zero-order chi connectivity index (χ0) is 17.6. The van der Waals surface area contributed by atoms with Crippen LogP contribution in [0.1, 0.15) is 29.6 Å². The number of hydrogen-bond acceptors (Lipinski definition) is 3. The number of amides is 2. The number of rotatable bonds is 5. The number of carbonyl (C=O) groups is 3. The molecule has 0 spiro atoms. The van der Waals surface area contributed by atoms with Crippen molar-refractivity contribution in [3.63, 3.8) is 0 Å². The lowest BCUT2D eigenvalue weighted by Crippen LogP contribution is -2.36. The van der Waals surface area contributed by atoms with Gasteiger partial charge in [-0.3, -0.25) is 14.4 Å². The summed E-state index contributed by atoms with van der Waals surface area (Å²) in [5, 5.41) is 15.2. The van der Waals surface area contributed by atoms with Crippen LogP contribution in [0.2, 0.25) is 0 Å². The van der Waals surface area contributed by atoms with Crippen LogP contribution in [0.4, 0.5) is 5.69 Å². The van der Waals surface area contributed by atoms with Gasteiger partial charge in [-0.15, -0.1) is 0 Å². The van der Waals surface area contributed by atoms with Crippen LogP contribution in [-0.2, 0) is 9.59 Å². The van der Waals surface area contributed by atoms with Gasteiger partial charge in [0.1, 0.15) is 0 Å². The normalized spacial score (nSPS) is 29.4. The second-order valence-corrected chi connectivity index (χ2v) is 7.16. The second kappa shape index (κ2) is 6.02. The molecule has 0 aliphatic heterocycles. The molecule has 4 atom stereocenters. The Kier molecular flexibility index (Phi) is 3.82. The number of allylic oxidation sites excluding steroid dienone is 2. The van der Waals surface area contributed by atoms with Crippen molar-refractivity contribution < 1.29 is 19.5 Å². The molecule has 1 aromatic carbocycles. The van der Waals surface area contributed by atoms with Crippen molar-refractivity contribution in [1.82, 2.24) is 5.32 Å². The van der Waals surface area contributed by atoms with E-state index in [1.54, 1.807) is 24.3 Å². The van der Waals surface area contributed by atoms with E-state index in [0.29, 0.717) is 11.3 Å². The van der Waals surface area contributed by atoms with E-state index in [1.807, 2.05) is 12.2 Å². The van der Waals surface area contributed by atoms with Crippen LogP contribution in [-0.4, -0.2) is 28.9 Å².